The molecule has 0 spiro atoms. The van der Waals surface area contributed by atoms with Crippen LogP contribution in [0.2, 0.25) is 0 Å². The van der Waals surface area contributed by atoms with Crippen LogP contribution in [0, 0.1) is 6.92 Å². The zero-order chi connectivity index (χ0) is 23.1. The van der Waals surface area contributed by atoms with Crippen LogP contribution < -0.4 is 0 Å². The minimum Gasteiger partial charge on any atom is -0.478 e. The lowest BCUT2D eigenvalue weighted by atomic mass is 9.62. The van der Waals surface area contributed by atoms with Gasteiger partial charge in [0.05, 0.1) is 17.6 Å². The summed E-state index contributed by atoms with van der Waals surface area (Å²) in [6, 6.07) is 11.8. The van der Waals surface area contributed by atoms with Crippen LogP contribution in [0.1, 0.15) is 84.4 Å². The summed E-state index contributed by atoms with van der Waals surface area (Å²) < 4.78 is 2.14. The molecule has 0 saturated carbocycles. The fourth-order valence-electron chi connectivity index (χ4n) is 4.65. The molecule has 1 aliphatic rings. The van der Waals surface area contributed by atoms with Gasteiger partial charge in [-0.15, -0.1) is 0 Å². The van der Waals surface area contributed by atoms with Crippen LogP contribution in [-0.4, -0.2) is 20.6 Å². The van der Waals surface area contributed by atoms with Gasteiger partial charge in [0, 0.05) is 12.7 Å². The number of imidazole rings is 1. The average molecular weight is 429 g/mol. The lowest BCUT2D eigenvalue weighted by molar-refractivity contribution is 0.0697. The summed E-state index contributed by atoms with van der Waals surface area (Å²) >= 11 is 0. The highest BCUT2D eigenvalue weighted by molar-refractivity contribution is 5.88. The zero-order valence-electron chi connectivity index (χ0n) is 19.6. The van der Waals surface area contributed by atoms with Crippen LogP contribution in [0.3, 0.4) is 0 Å². The van der Waals surface area contributed by atoms with Crippen molar-refractivity contribution >= 4 is 18.1 Å². The highest BCUT2D eigenvalue weighted by Crippen LogP contribution is 2.46. The quantitative estimate of drug-likeness (QED) is 0.475. The highest BCUT2D eigenvalue weighted by Gasteiger charge is 2.37. The Kier molecular flexibility index (Phi) is 5.58. The Labute approximate surface area is 190 Å². The van der Waals surface area contributed by atoms with Crippen molar-refractivity contribution in [3.8, 4) is 0 Å². The Morgan fingerprint density at radius 2 is 1.66 bits per heavy atom. The molecular formula is C28H32N2O2. The number of aromatic nitrogens is 2. The minimum absolute atomic E-state index is 0.140. The molecule has 1 N–H and O–H groups in total. The second-order valence-corrected chi connectivity index (χ2v) is 10.3. The molecule has 0 aliphatic heterocycles. The molecule has 3 aromatic rings. The summed E-state index contributed by atoms with van der Waals surface area (Å²) in [6.45, 7) is 12.2. The number of carbonyl (C=O) groups is 1. The summed E-state index contributed by atoms with van der Waals surface area (Å²) in [4.78, 5) is 15.5. The van der Waals surface area contributed by atoms with E-state index in [1.54, 1.807) is 12.1 Å². The molecule has 4 rings (SSSR count). The first-order valence-corrected chi connectivity index (χ1v) is 11.2. The molecule has 0 bridgehead atoms. The number of hydrogen-bond donors (Lipinski definition) is 1. The summed E-state index contributed by atoms with van der Waals surface area (Å²) in [5.74, 6) is -0.905. The maximum absolute atomic E-state index is 11.1. The Morgan fingerprint density at radius 3 is 2.22 bits per heavy atom. The first kappa shape index (κ1) is 22.1. The fraction of sp³-hybridized carbons (Fsp3) is 0.357. The second kappa shape index (κ2) is 8.09. The summed E-state index contributed by atoms with van der Waals surface area (Å²) in [5.41, 5.74) is 7.94. The van der Waals surface area contributed by atoms with Gasteiger partial charge in [-0.05, 0) is 70.5 Å². The number of aryl methyl sites for hydroxylation is 1. The van der Waals surface area contributed by atoms with E-state index in [0.717, 1.165) is 17.8 Å². The summed E-state index contributed by atoms with van der Waals surface area (Å²) in [7, 11) is 0. The van der Waals surface area contributed by atoms with E-state index in [0.29, 0.717) is 5.56 Å². The van der Waals surface area contributed by atoms with E-state index in [1.165, 1.54) is 35.1 Å². The number of carboxylic acids is 1. The Bertz CT molecular complexity index is 1180. The van der Waals surface area contributed by atoms with Crippen molar-refractivity contribution in [2.75, 3.05) is 0 Å². The number of aromatic carboxylic acids is 1. The monoisotopic (exact) mass is 428 g/mol. The minimum atomic E-state index is -0.905. The molecule has 0 radical (unpaired) electrons. The predicted octanol–water partition coefficient (Wildman–Crippen LogP) is 6.46. The number of fused-ring (bicyclic) bond motifs is 1. The number of rotatable bonds is 5. The van der Waals surface area contributed by atoms with Crippen molar-refractivity contribution in [1.29, 1.82) is 0 Å². The average Bonchev–Trinajstić information content (AvgIpc) is 3.15. The Balaban J connectivity index is 1.79. The maximum atomic E-state index is 11.1. The van der Waals surface area contributed by atoms with E-state index in [9.17, 15) is 4.79 Å². The molecule has 1 aromatic heterocycles. The molecule has 2 aromatic carbocycles. The third kappa shape index (κ3) is 4.40. The van der Waals surface area contributed by atoms with Gasteiger partial charge in [-0.3, -0.25) is 0 Å². The number of nitrogens with zero attached hydrogens (tertiary/aromatic N) is 2. The first-order chi connectivity index (χ1) is 15.0. The van der Waals surface area contributed by atoms with Crippen LogP contribution in [0.15, 0.2) is 48.9 Å². The molecule has 0 unspecified atom stereocenters. The van der Waals surface area contributed by atoms with Gasteiger partial charge in [-0.1, -0.05) is 64.1 Å². The maximum Gasteiger partial charge on any atom is 0.335 e. The zero-order valence-corrected chi connectivity index (χ0v) is 19.6. The number of hydrogen-bond acceptors (Lipinski definition) is 2. The van der Waals surface area contributed by atoms with Gasteiger partial charge < -0.3 is 9.67 Å². The van der Waals surface area contributed by atoms with Crippen LogP contribution in [0.4, 0.5) is 0 Å². The largest absolute Gasteiger partial charge is 0.478 e. The molecule has 0 fully saturated rings. The lowest BCUT2D eigenvalue weighted by Crippen LogP contribution is -2.34. The van der Waals surface area contributed by atoms with Crippen molar-refractivity contribution in [1.82, 2.24) is 9.55 Å². The third-order valence-electron chi connectivity index (χ3n) is 6.84. The molecule has 0 amide bonds. The van der Waals surface area contributed by atoms with E-state index in [1.807, 2.05) is 25.4 Å². The Hall–Kier alpha value is -3.14. The van der Waals surface area contributed by atoms with Gasteiger partial charge in [-0.25, -0.2) is 9.78 Å². The lowest BCUT2D eigenvalue weighted by Gasteiger charge is -2.42. The van der Waals surface area contributed by atoms with Gasteiger partial charge in [0.1, 0.15) is 0 Å². The molecule has 4 nitrogen and oxygen atoms in total. The topological polar surface area (TPSA) is 55.1 Å². The van der Waals surface area contributed by atoms with Crippen molar-refractivity contribution in [3.63, 3.8) is 0 Å². The molecular weight excluding hydrogens is 396 g/mol. The van der Waals surface area contributed by atoms with Crippen LogP contribution in [0.25, 0.3) is 12.2 Å². The van der Waals surface area contributed by atoms with Gasteiger partial charge in [0.25, 0.3) is 0 Å². The number of benzene rings is 2. The molecule has 1 aliphatic carbocycles. The van der Waals surface area contributed by atoms with Crippen molar-refractivity contribution in [2.45, 2.75) is 64.8 Å². The summed E-state index contributed by atoms with van der Waals surface area (Å²) in [6.07, 6.45) is 10.5. The molecule has 0 atom stereocenters. The summed E-state index contributed by atoms with van der Waals surface area (Å²) in [5, 5.41) is 9.14. The SMILES string of the molecule is Cc1cn(Cc2cc3c(cc2C=Cc2ccc(C(=O)O)cc2)C(C)(C)CCC3(C)C)cn1. The van der Waals surface area contributed by atoms with E-state index in [2.05, 4.69) is 67.7 Å². The molecule has 1 heterocycles. The second-order valence-electron chi connectivity index (χ2n) is 10.3. The highest BCUT2D eigenvalue weighted by atomic mass is 16.4. The van der Waals surface area contributed by atoms with Gasteiger partial charge in [0.2, 0.25) is 0 Å². The van der Waals surface area contributed by atoms with Gasteiger partial charge in [0.15, 0.2) is 0 Å². The normalized spacial score (nSPS) is 16.8. The van der Waals surface area contributed by atoms with Gasteiger partial charge in [-0.2, -0.15) is 0 Å². The third-order valence-corrected chi connectivity index (χ3v) is 6.84. The molecule has 0 saturated heterocycles. The smallest absolute Gasteiger partial charge is 0.335 e. The fourth-order valence-corrected chi connectivity index (χ4v) is 4.65. The van der Waals surface area contributed by atoms with E-state index in [4.69, 9.17) is 5.11 Å². The van der Waals surface area contributed by atoms with E-state index < -0.39 is 5.97 Å². The van der Waals surface area contributed by atoms with Crippen LogP contribution >= 0.6 is 0 Å². The number of carboxylic acid groups (broad SMARTS) is 1. The predicted molar refractivity (Wildman–Crippen MR) is 130 cm³/mol. The van der Waals surface area contributed by atoms with Crippen molar-refractivity contribution in [3.05, 3.63) is 88.0 Å². The Morgan fingerprint density at radius 1 is 1.03 bits per heavy atom. The van der Waals surface area contributed by atoms with Gasteiger partial charge >= 0.3 is 5.97 Å². The first-order valence-electron chi connectivity index (χ1n) is 11.2. The van der Waals surface area contributed by atoms with E-state index >= 15 is 0 Å². The molecule has 4 heteroatoms. The van der Waals surface area contributed by atoms with Crippen LogP contribution in [-0.2, 0) is 17.4 Å². The molecule has 166 valence electrons. The van der Waals surface area contributed by atoms with Crippen molar-refractivity contribution in [2.24, 2.45) is 0 Å². The van der Waals surface area contributed by atoms with E-state index in [-0.39, 0.29) is 10.8 Å². The molecule has 32 heavy (non-hydrogen) atoms. The van der Waals surface area contributed by atoms with Crippen LogP contribution in [0.5, 0.6) is 0 Å². The van der Waals surface area contributed by atoms with Crippen molar-refractivity contribution < 1.29 is 9.90 Å². The standard InChI is InChI=1S/C28H32N2O2/c1-19-16-30(18-29-19)17-23-15-25-24(27(2,3)12-13-28(25,4)5)14-22(23)11-8-20-6-9-21(10-7-20)26(31)32/h6-11,14-16,18H,12-13,17H2,1-5H3,(H,31,32).